The number of aromatic amines is 1. The number of hydrogen-bond donors (Lipinski definition) is 3. The molecular formula is C15H26N4O. The molecule has 5 nitrogen and oxygen atoms in total. The SMILES string of the molecule is CCCc1cc(NC(=O)C(C)(C)C2CCCNC2)n[nH]1. The Morgan fingerprint density at radius 2 is 2.35 bits per heavy atom. The van der Waals surface area contributed by atoms with Gasteiger partial charge in [-0.3, -0.25) is 9.89 Å². The number of rotatable bonds is 5. The van der Waals surface area contributed by atoms with Crippen molar-refractivity contribution in [3.8, 4) is 0 Å². The number of aryl methyl sites for hydroxylation is 1. The van der Waals surface area contributed by atoms with Gasteiger partial charge in [0.15, 0.2) is 5.82 Å². The van der Waals surface area contributed by atoms with Crippen LogP contribution in [0.5, 0.6) is 0 Å². The third-order valence-electron chi connectivity index (χ3n) is 4.29. The van der Waals surface area contributed by atoms with E-state index < -0.39 is 0 Å². The van der Waals surface area contributed by atoms with Crippen molar-refractivity contribution in [3.05, 3.63) is 11.8 Å². The van der Waals surface area contributed by atoms with E-state index in [1.807, 2.05) is 19.9 Å². The van der Waals surface area contributed by atoms with E-state index in [4.69, 9.17) is 0 Å². The van der Waals surface area contributed by atoms with Crippen LogP contribution in [0.25, 0.3) is 0 Å². The number of H-pyrrole nitrogens is 1. The number of carbonyl (C=O) groups is 1. The van der Waals surface area contributed by atoms with Crippen molar-refractivity contribution in [1.82, 2.24) is 15.5 Å². The van der Waals surface area contributed by atoms with Crippen LogP contribution >= 0.6 is 0 Å². The first-order valence-corrected chi connectivity index (χ1v) is 7.60. The van der Waals surface area contributed by atoms with Gasteiger partial charge in [-0.15, -0.1) is 0 Å². The number of anilines is 1. The van der Waals surface area contributed by atoms with Gasteiger partial charge in [-0.1, -0.05) is 27.2 Å². The summed E-state index contributed by atoms with van der Waals surface area (Å²) in [5.41, 5.74) is 0.692. The normalized spacial score (nSPS) is 19.9. The van der Waals surface area contributed by atoms with Gasteiger partial charge >= 0.3 is 0 Å². The molecule has 1 aliphatic heterocycles. The molecule has 0 bridgehead atoms. The van der Waals surface area contributed by atoms with Crippen molar-refractivity contribution in [1.29, 1.82) is 0 Å². The Balaban J connectivity index is 1.98. The van der Waals surface area contributed by atoms with Crippen molar-refractivity contribution in [2.45, 2.75) is 46.5 Å². The molecule has 0 saturated carbocycles. The van der Waals surface area contributed by atoms with E-state index in [2.05, 4.69) is 27.8 Å². The lowest BCUT2D eigenvalue weighted by Crippen LogP contribution is -2.44. The van der Waals surface area contributed by atoms with Crippen molar-refractivity contribution < 1.29 is 4.79 Å². The fraction of sp³-hybridized carbons (Fsp3) is 0.733. The molecular weight excluding hydrogens is 252 g/mol. The molecule has 1 aliphatic rings. The Bertz CT molecular complexity index is 446. The molecule has 1 amide bonds. The number of hydrogen-bond acceptors (Lipinski definition) is 3. The quantitative estimate of drug-likeness (QED) is 0.774. The van der Waals surface area contributed by atoms with Crippen LogP contribution in [0, 0.1) is 11.3 Å². The molecule has 0 aromatic carbocycles. The Morgan fingerprint density at radius 3 is 3.00 bits per heavy atom. The van der Waals surface area contributed by atoms with E-state index in [1.165, 1.54) is 0 Å². The Kier molecular flexibility index (Phi) is 4.81. The van der Waals surface area contributed by atoms with Crippen molar-refractivity contribution >= 4 is 11.7 Å². The summed E-state index contributed by atoms with van der Waals surface area (Å²) < 4.78 is 0. The number of piperidine rings is 1. The van der Waals surface area contributed by atoms with Crippen LogP contribution in [-0.4, -0.2) is 29.2 Å². The Hall–Kier alpha value is -1.36. The maximum Gasteiger partial charge on any atom is 0.231 e. The number of nitrogens with zero attached hydrogens (tertiary/aromatic N) is 1. The predicted molar refractivity (Wildman–Crippen MR) is 80.6 cm³/mol. The van der Waals surface area contributed by atoms with Gasteiger partial charge < -0.3 is 10.6 Å². The molecule has 3 N–H and O–H groups in total. The summed E-state index contributed by atoms with van der Waals surface area (Å²) in [6.45, 7) is 8.16. The summed E-state index contributed by atoms with van der Waals surface area (Å²) in [6.07, 6.45) is 4.27. The molecule has 1 aromatic heterocycles. The zero-order valence-electron chi connectivity index (χ0n) is 12.8. The summed E-state index contributed by atoms with van der Waals surface area (Å²) in [6, 6.07) is 1.93. The van der Waals surface area contributed by atoms with Crippen LogP contribution in [0.3, 0.4) is 0 Å². The van der Waals surface area contributed by atoms with Gasteiger partial charge in [-0.2, -0.15) is 5.10 Å². The van der Waals surface area contributed by atoms with Crippen molar-refractivity contribution in [2.75, 3.05) is 18.4 Å². The topological polar surface area (TPSA) is 69.8 Å². The van der Waals surface area contributed by atoms with Crippen LogP contribution < -0.4 is 10.6 Å². The number of amides is 1. The van der Waals surface area contributed by atoms with Crippen LogP contribution in [0.2, 0.25) is 0 Å². The summed E-state index contributed by atoms with van der Waals surface area (Å²) >= 11 is 0. The highest BCUT2D eigenvalue weighted by Crippen LogP contribution is 2.32. The molecule has 1 fully saturated rings. The van der Waals surface area contributed by atoms with Crippen LogP contribution in [0.15, 0.2) is 6.07 Å². The fourth-order valence-electron chi connectivity index (χ4n) is 2.75. The third-order valence-corrected chi connectivity index (χ3v) is 4.29. The van der Waals surface area contributed by atoms with E-state index >= 15 is 0 Å². The lowest BCUT2D eigenvalue weighted by atomic mass is 9.74. The first-order valence-electron chi connectivity index (χ1n) is 7.60. The van der Waals surface area contributed by atoms with E-state index in [0.717, 1.165) is 44.5 Å². The first kappa shape index (κ1) is 15.0. The molecule has 0 radical (unpaired) electrons. The van der Waals surface area contributed by atoms with E-state index in [9.17, 15) is 4.79 Å². The predicted octanol–water partition coefficient (Wildman–Crippen LogP) is 2.33. The summed E-state index contributed by atoms with van der Waals surface area (Å²) in [7, 11) is 0. The molecule has 5 heteroatoms. The van der Waals surface area contributed by atoms with Crippen molar-refractivity contribution in [3.63, 3.8) is 0 Å². The fourth-order valence-corrected chi connectivity index (χ4v) is 2.75. The Labute approximate surface area is 120 Å². The highest BCUT2D eigenvalue weighted by Gasteiger charge is 2.37. The molecule has 2 heterocycles. The Morgan fingerprint density at radius 1 is 1.55 bits per heavy atom. The molecule has 1 atom stereocenters. The summed E-state index contributed by atoms with van der Waals surface area (Å²) in [5.74, 6) is 1.07. The first-order chi connectivity index (χ1) is 9.54. The standard InChI is InChI=1S/C15H26N4O/c1-4-6-12-9-13(19-18-12)17-14(20)15(2,3)11-7-5-8-16-10-11/h9,11,16H,4-8,10H2,1-3H3,(H2,17,18,19,20). The molecule has 0 aliphatic carbocycles. The van der Waals surface area contributed by atoms with Gasteiger partial charge in [-0.25, -0.2) is 0 Å². The van der Waals surface area contributed by atoms with E-state index in [1.54, 1.807) is 0 Å². The zero-order chi connectivity index (χ0) is 14.6. The molecule has 1 saturated heterocycles. The molecule has 0 spiro atoms. The van der Waals surface area contributed by atoms with Gasteiger partial charge in [0, 0.05) is 17.2 Å². The van der Waals surface area contributed by atoms with Crippen LogP contribution in [0.4, 0.5) is 5.82 Å². The zero-order valence-corrected chi connectivity index (χ0v) is 12.8. The minimum Gasteiger partial charge on any atom is -0.316 e. The van der Waals surface area contributed by atoms with Gasteiger partial charge in [0.2, 0.25) is 5.91 Å². The highest BCUT2D eigenvalue weighted by molar-refractivity contribution is 5.94. The molecule has 2 rings (SSSR count). The highest BCUT2D eigenvalue weighted by atomic mass is 16.2. The third kappa shape index (κ3) is 3.39. The second-order valence-electron chi connectivity index (χ2n) is 6.25. The van der Waals surface area contributed by atoms with Crippen molar-refractivity contribution in [2.24, 2.45) is 11.3 Å². The van der Waals surface area contributed by atoms with Gasteiger partial charge in [0.1, 0.15) is 0 Å². The van der Waals surface area contributed by atoms with E-state index in [0.29, 0.717) is 11.7 Å². The lowest BCUT2D eigenvalue weighted by molar-refractivity contribution is -0.127. The largest absolute Gasteiger partial charge is 0.316 e. The minimum atomic E-state index is -0.378. The summed E-state index contributed by atoms with van der Waals surface area (Å²) in [4.78, 5) is 12.5. The second-order valence-corrected chi connectivity index (χ2v) is 6.25. The average Bonchev–Trinajstić information content (AvgIpc) is 2.87. The maximum absolute atomic E-state index is 12.5. The van der Waals surface area contributed by atoms with Crippen LogP contribution in [-0.2, 0) is 11.2 Å². The number of carbonyl (C=O) groups excluding carboxylic acids is 1. The lowest BCUT2D eigenvalue weighted by Gasteiger charge is -2.35. The molecule has 1 unspecified atom stereocenters. The minimum absolute atomic E-state index is 0.0562. The molecule has 20 heavy (non-hydrogen) atoms. The average molecular weight is 278 g/mol. The van der Waals surface area contributed by atoms with Gasteiger partial charge in [-0.05, 0) is 38.3 Å². The van der Waals surface area contributed by atoms with Gasteiger partial charge in [0.05, 0.1) is 0 Å². The monoisotopic (exact) mass is 278 g/mol. The number of aromatic nitrogens is 2. The summed E-state index contributed by atoms with van der Waals surface area (Å²) in [5, 5.41) is 13.5. The molecule has 112 valence electrons. The number of nitrogens with one attached hydrogen (secondary N) is 3. The van der Waals surface area contributed by atoms with Crippen LogP contribution in [0.1, 0.15) is 45.7 Å². The maximum atomic E-state index is 12.5. The molecule has 1 aromatic rings. The second kappa shape index (κ2) is 6.39. The van der Waals surface area contributed by atoms with E-state index in [-0.39, 0.29) is 11.3 Å². The van der Waals surface area contributed by atoms with Gasteiger partial charge in [0.25, 0.3) is 0 Å². The smallest absolute Gasteiger partial charge is 0.231 e.